The molecule has 0 saturated heterocycles. The van der Waals surface area contributed by atoms with Crippen LogP contribution in [-0.2, 0) is 0 Å². The Labute approximate surface area is 158 Å². The molecule has 4 rings (SSSR count). The van der Waals surface area contributed by atoms with E-state index in [-0.39, 0.29) is 0 Å². The molecule has 0 aliphatic carbocycles. The van der Waals surface area contributed by atoms with Crippen LogP contribution in [0.2, 0.25) is 5.02 Å². The van der Waals surface area contributed by atoms with Crippen molar-refractivity contribution in [1.29, 1.82) is 0 Å². The number of para-hydroxylation sites is 1. The maximum atomic E-state index is 5.96. The summed E-state index contributed by atoms with van der Waals surface area (Å²) in [5.41, 5.74) is 2.46. The number of benzene rings is 2. The zero-order valence-corrected chi connectivity index (χ0v) is 15.3. The van der Waals surface area contributed by atoms with Gasteiger partial charge in [0.2, 0.25) is 0 Å². The molecule has 0 aliphatic rings. The fourth-order valence-electron chi connectivity index (χ4n) is 2.49. The Morgan fingerprint density at radius 2 is 1.60 bits per heavy atom. The lowest BCUT2D eigenvalue weighted by atomic mass is 10.2. The molecular formula is C19H12BrClN4. The first-order valence-corrected chi connectivity index (χ1v) is 8.78. The second-order valence-corrected chi connectivity index (χ2v) is 6.64. The molecule has 0 atom stereocenters. The Kier molecular flexibility index (Phi) is 4.34. The third-order valence-corrected chi connectivity index (χ3v) is 4.35. The van der Waals surface area contributed by atoms with E-state index >= 15 is 0 Å². The quantitative estimate of drug-likeness (QED) is 0.430. The number of rotatable bonds is 3. The molecule has 1 N–H and O–H groups in total. The highest BCUT2D eigenvalue weighted by atomic mass is 79.9. The predicted octanol–water partition coefficient (Wildman–Crippen LogP) is 5.85. The van der Waals surface area contributed by atoms with Crippen molar-refractivity contribution in [3.05, 3.63) is 76.4 Å². The molecule has 0 aliphatic heterocycles. The molecule has 2 aromatic heterocycles. The van der Waals surface area contributed by atoms with Crippen LogP contribution in [0.25, 0.3) is 22.4 Å². The van der Waals surface area contributed by atoms with Crippen LogP contribution in [0.5, 0.6) is 0 Å². The first-order valence-electron chi connectivity index (χ1n) is 7.61. The Bertz CT molecular complexity index is 1050. The third-order valence-electron chi connectivity index (χ3n) is 3.65. The van der Waals surface area contributed by atoms with Crippen molar-refractivity contribution >= 4 is 49.9 Å². The van der Waals surface area contributed by atoms with Gasteiger partial charge in [-0.05, 0) is 64.5 Å². The van der Waals surface area contributed by atoms with Crippen LogP contribution in [0.1, 0.15) is 0 Å². The number of hydrogen-bond acceptors (Lipinski definition) is 4. The average molecular weight is 412 g/mol. The van der Waals surface area contributed by atoms with Crippen molar-refractivity contribution in [3.8, 4) is 11.5 Å². The Balaban J connectivity index is 1.85. The summed E-state index contributed by atoms with van der Waals surface area (Å²) in [6, 6.07) is 21.1. The highest BCUT2D eigenvalue weighted by molar-refractivity contribution is 9.10. The van der Waals surface area contributed by atoms with E-state index in [2.05, 4.69) is 31.2 Å². The second kappa shape index (κ2) is 6.78. The molecule has 25 heavy (non-hydrogen) atoms. The summed E-state index contributed by atoms with van der Waals surface area (Å²) in [5.74, 6) is 1.29. The van der Waals surface area contributed by atoms with E-state index in [4.69, 9.17) is 16.6 Å². The van der Waals surface area contributed by atoms with E-state index in [1.165, 1.54) is 0 Å². The summed E-state index contributed by atoms with van der Waals surface area (Å²) >= 11 is 9.36. The summed E-state index contributed by atoms with van der Waals surface area (Å²) < 4.78 is 0.744. The van der Waals surface area contributed by atoms with Gasteiger partial charge in [0.25, 0.3) is 0 Å². The number of pyridine rings is 1. The first kappa shape index (κ1) is 16.0. The molecule has 0 spiro atoms. The van der Waals surface area contributed by atoms with E-state index in [0.717, 1.165) is 27.0 Å². The summed E-state index contributed by atoms with van der Waals surface area (Å²) in [4.78, 5) is 13.8. The number of hydrogen-bond donors (Lipinski definition) is 1. The summed E-state index contributed by atoms with van der Waals surface area (Å²) in [7, 11) is 0. The molecule has 0 saturated carbocycles. The van der Waals surface area contributed by atoms with Gasteiger partial charge in [-0.15, -0.1) is 0 Å². The number of nitrogens with zero attached hydrogens (tertiary/aromatic N) is 3. The minimum absolute atomic E-state index is 0.566. The standard InChI is InChI=1S/C19H12BrClN4/c20-17-7-3-6-16(23-17)19-24-15-5-2-1-4-14(15)18(25-19)22-13-10-8-12(21)9-11-13/h1-11H,(H,22,24,25). The molecule has 2 aromatic carbocycles. The molecule has 4 nitrogen and oxygen atoms in total. The van der Waals surface area contributed by atoms with Crippen molar-refractivity contribution in [3.63, 3.8) is 0 Å². The van der Waals surface area contributed by atoms with Crippen LogP contribution < -0.4 is 5.32 Å². The van der Waals surface area contributed by atoms with E-state index in [0.29, 0.717) is 16.5 Å². The van der Waals surface area contributed by atoms with Crippen LogP contribution >= 0.6 is 27.5 Å². The molecule has 122 valence electrons. The van der Waals surface area contributed by atoms with Gasteiger partial charge < -0.3 is 5.32 Å². The lowest BCUT2D eigenvalue weighted by molar-refractivity contribution is 1.16. The van der Waals surface area contributed by atoms with E-state index in [1.807, 2.05) is 66.7 Å². The number of aromatic nitrogens is 3. The maximum absolute atomic E-state index is 5.96. The van der Waals surface area contributed by atoms with Gasteiger partial charge in [0.1, 0.15) is 16.1 Å². The fourth-order valence-corrected chi connectivity index (χ4v) is 2.96. The molecular weight excluding hydrogens is 400 g/mol. The highest BCUT2D eigenvalue weighted by Crippen LogP contribution is 2.27. The van der Waals surface area contributed by atoms with Crippen molar-refractivity contribution < 1.29 is 0 Å². The largest absolute Gasteiger partial charge is 0.340 e. The maximum Gasteiger partial charge on any atom is 0.180 e. The SMILES string of the molecule is Clc1ccc(Nc2nc(-c3cccc(Br)n3)nc3ccccc23)cc1. The Hall–Kier alpha value is -2.50. The molecule has 0 unspecified atom stereocenters. The highest BCUT2D eigenvalue weighted by Gasteiger charge is 2.11. The molecule has 0 amide bonds. The third kappa shape index (κ3) is 3.48. The van der Waals surface area contributed by atoms with Crippen LogP contribution in [0.15, 0.2) is 71.3 Å². The van der Waals surface area contributed by atoms with Crippen molar-refractivity contribution in [2.24, 2.45) is 0 Å². The minimum atomic E-state index is 0.566. The average Bonchev–Trinajstić information content (AvgIpc) is 2.63. The van der Waals surface area contributed by atoms with Gasteiger partial charge in [-0.1, -0.05) is 29.8 Å². The van der Waals surface area contributed by atoms with E-state index < -0.39 is 0 Å². The van der Waals surface area contributed by atoms with E-state index in [9.17, 15) is 0 Å². The van der Waals surface area contributed by atoms with Gasteiger partial charge in [-0.2, -0.15) is 0 Å². The normalized spacial score (nSPS) is 10.8. The molecule has 0 radical (unpaired) electrons. The van der Waals surface area contributed by atoms with Crippen LogP contribution in [0.3, 0.4) is 0 Å². The molecule has 6 heteroatoms. The van der Waals surface area contributed by atoms with Gasteiger partial charge in [0.05, 0.1) is 5.52 Å². The molecule has 0 fully saturated rings. The van der Waals surface area contributed by atoms with Crippen molar-refractivity contribution in [2.45, 2.75) is 0 Å². The lowest BCUT2D eigenvalue weighted by Gasteiger charge is -2.11. The molecule has 2 heterocycles. The first-order chi connectivity index (χ1) is 12.2. The van der Waals surface area contributed by atoms with Crippen LogP contribution in [0.4, 0.5) is 11.5 Å². The van der Waals surface area contributed by atoms with Gasteiger partial charge in [-0.3, -0.25) is 0 Å². The minimum Gasteiger partial charge on any atom is -0.340 e. The number of anilines is 2. The summed E-state index contributed by atoms with van der Waals surface area (Å²) in [6.07, 6.45) is 0. The number of fused-ring (bicyclic) bond motifs is 1. The van der Waals surface area contributed by atoms with Crippen LogP contribution in [-0.4, -0.2) is 15.0 Å². The fraction of sp³-hybridized carbons (Fsp3) is 0. The van der Waals surface area contributed by atoms with E-state index in [1.54, 1.807) is 0 Å². The van der Waals surface area contributed by atoms with Gasteiger partial charge >= 0.3 is 0 Å². The zero-order valence-electron chi connectivity index (χ0n) is 12.9. The van der Waals surface area contributed by atoms with Gasteiger partial charge in [0.15, 0.2) is 5.82 Å². The predicted molar refractivity (Wildman–Crippen MR) is 105 cm³/mol. The zero-order chi connectivity index (χ0) is 17.2. The van der Waals surface area contributed by atoms with Crippen molar-refractivity contribution in [1.82, 2.24) is 15.0 Å². The second-order valence-electron chi connectivity index (χ2n) is 5.39. The number of halogens is 2. The summed E-state index contributed by atoms with van der Waals surface area (Å²) in [6.45, 7) is 0. The smallest absolute Gasteiger partial charge is 0.180 e. The summed E-state index contributed by atoms with van der Waals surface area (Å²) in [5, 5.41) is 4.98. The monoisotopic (exact) mass is 410 g/mol. The van der Waals surface area contributed by atoms with Crippen molar-refractivity contribution in [2.75, 3.05) is 5.32 Å². The van der Waals surface area contributed by atoms with Gasteiger partial charge in [0, 0.05) is 16.1 Å². The van der Waals surface area contributed by atoms with Crippen LogP contribution in [0, 0.1) is 0 Å². The molecule has 4 aromatic rings. The molecule has 0 bridgehead atoms. The Morgan fingerprint density at radius 1 is 0.800 bits per heavy atom. The lowest BCUT2D eigenvalue weighted by Crippen LogP contribution is -2.00. The number of nitrogens with one attached hydrogen (secondary N) is 1. The topological polar surface area (TPSA) is 50.7 Å². The van der Waals surface area contributed by atoms with Gasteiger partial charge in [-0.25, -0.2) is 15.0 Å². The Morgan fingerprint density at radius 3 is 2.40 bits per heavy atom.